The van der Waals surface area contributed by atoms with Crippen LogP contribution in [-0.2, 0) is 10.0 Å². The summed E-state index contributed by atoms with van der Waals surface area (Å²) in [7, 11) is -4.95. The lowest BCUT2D eigenvalue weighted by molar-refractivity contribution is 0.357. The molecule has 0 amide bonds. The summed E-state index contributed by atoms with van der Waals surface area (Å²) in [5, 5.41) is 5.05. The summed E-state index contributed by atoms with van der Waals surface area (Å²) in [6, 6.07) is 42.1. The minimum absolute atomic E-state index is 0.296. The van der Waals surface area contributed by atoms with E-state index in [2.05, 4.69) is 36.4 Å². The summed E-state index contributed by atoms with van der Waals surface area (Å²) in [4.78, 5) is 0.384. The Labute approximate surface area is 221 Å². The number of fused-ring (bicyclic) bond motifs is 1. The first-order valence-electron chi connectivity index (χ1n) is 12.5. The molecule has 1 atom stereocenters. The first kappa shape index (κ1) is 25.4. The number of rotatable bonds is 8. The Kier molecular flexibility index (Phi) is 7.53. The average molecular weight is 524 g/mol. The highest BCUT2D eigenvalue weighted by Crippen LogP contribution is 2.38. The molecule has 0 aliphatic carbocycles. The lowest BCUT2D eigenvalue weighted by atomic mass is 10.1. The van der Waals surface area contributed by atoms with Gasteiger partial charge in [0, 0.05) is 17.9 Å². The topological polar surface area (TPSA) is 37.4 Å². The maximum absolute atomic E-state index is 14.5. The highest BCUT2D eigenvalue weighted by Gasteiger charge is 2.33. The maximum Gasteiger partial charge on any atom is 0.244 e. The van der Waals surface area contributed by atoms with E-state index in [9.17, 15) is 8.42 Å². The minimum atomic E-state index is -3.83. The van der Waals surface area contributed by atoms with Gasteiger partial charge in [0.25, 0.3) is 0 Å². The third-order valence-corrected chi connectivity index (χ3v) is 11.4. The molecular formula is C32H30NO2PS. The van der Waals surface area contributed by atoms with Crippen molar-refractivity contribution in [3.05, 3.63) is 133 Å². The van der Waals surface area contributed by atoms with Gasteiger partial charge in [-0.05, 0) is 53.9 Å². The zero-order valence-corrected chi connectivity index (χ0v) is 22.7. The zero-order chi connectivity index (χ0) is 25.8. The van der Waals surface area contributed by atoms with Gasteiger partial charge in [-0.1, -0.05) is 122 Å². The van der Waals surface area contributed by atoms with Crippen molar-refractivity contribution in [3.8, 4) is 0 Å². The summed E-state index contributed by atoms with van der Waals surface area (Å²) in [6.07, 6.45) is 0. The summed E-state index contributed by atoms with van der Waals surface area (Å²) in [6.45, 7) is 4.25. The average Bonchev–Trinajstić information content (AvgIpc) is 2.94. The standard InChI is InChI=1S/C32H30NO2PS/c1-3-33(25(2)26-15-7-4-8-16-26)37(34,35)32-24-28-18-14-13-17-27(28)23-31(32)36(29-19-9-5-10-20-29)30-21-11-6-12-22-30/h4-25H,3H2,1-2H3/t25-/m0/s1. The molecule has 0 radical (unpaired) electrons. The molecule has 0 saturated carbocycles. The van der Waals surface area contributed by atoms with Crippen molar-refractivity contribution in [2.45, 2.75) is 24.8 Å². The Morgan fingerprint density at radius 1 is 0.676 bits per heavy atom. The normalized spacial score (nSPS) is 12.8. The second kappa shape index (κ2) is 11.0. The van der Waals surface area contributed by atoms with E-state index in [1.165, 1.54) is 0 Å². The third kappa shape index (κ3) is 5.10. The van der Waals surface area contributed by atoms with Crippen LogP contribution < -0.4 is 15.9 Å². The molecule has 5 aromatic carbocycles. The Balaban J connectivity index is 1.76. The fraction of sp³-hybridized carbons (Fsp3) is 0.125. The molecule has 0 N–H and O–H groups in total. The third-order valence-electron chi connectivity index (χ3n) is 6.71. The molecule has 0 spiro atoms. The van der Waals surface area contributed by atoms with Gasteiger partial charge in [-0.15, -0.1) is 0 Å². The number of nitrogens with zero attached hydrogens (tertiary/aromatic N) is 1. The predicted octanol–water partition coefficient (Wildman–Crippen LogP) is 6.37. The van der Waals surface area contributed by atoms with Crippen LogP contribution in [-0.4, -0.2) is 19.3 Å². The lowest BCUT2D eigenvalue weighted by Crippen LogP contribution is -2.36. The van der Waals surface area contributed by atoms with Crippen molar-refractivity contribution in [1.82, 2.24) is 4.31 Å². The van der Waals surface area contributed by atoms with Gasteiger partial charge in [-0.2, -0.15) is 4.31 Å². The van der Waals surface area contributed by atoms with Gasteiger partial charge in [0.2, 0.25) is 10.0 Å². The fourth-order valence-electron chi connectivity index (χ4n) is 4.85. The number of sulfonamides is 1. The van der Waals surface area contributed by atoms with E-state index < -0.39 is 17.9 Å². The molecule has 0 aliphatic heterocycles. The van der Waals surface area contributed by atoms with Gasteiger partial charge >= 0.3 is 0 Å². The molecule has 5 heteroatoms. The molecular weight excluding hydrogens is 493 g/mol. The summed E-state index contributed by atoms with van der Waals surface area (Å²) in [5.41, 5.74) is 0.976. The van der Waals surface area contributed by atoms with E-state index >= 15 is 0 Å². The van der Waals surface area contributed by atoms with Gasteiger partial charge < -0.3 is 0 Å². The van der Waals surface area contributed by atoms with Crippen LogP contribution in [0, 0.1) is 0 Å². The Morgan fingerprint density at radius 3 is 1.65 bits per heavy atom. The second-order valence-corrected chi connectivity index (χ2v) is 13.0. The van der Waals surface area contributed by atoms with E-state index in [-0.39, 0.29) is 6.04 Å². The SMILES string of the molecule is CCN([C@@H](C)c1ccccc1)S(=O)(=O)c1cc2ccccc2cc1P(c1ccccc1)c1ccccc1. The highest BCUT2D eigenvalue weighted by molar-refractivity contribution is 7.90. The molecule has 0 aliphatic rings. The maximum atomic E-state index is 14.5. The summed E-state index contributed by atoms with van der Waals surface area (Å²) in [5.74, 6) is 0. The van der Waals surface area contributed by atoms with Gasteiger partial charge in [0.15, 0.2) is 0 Å². The molecule has 186 valence electrons. The summed E-state index contributed by atoms with van der Waals surface area (Å²) < 4.78 is 30.7. The second-order valence-electron chi connectivity index (χ2n) is 8.97. The van der Waals surface area contributed by atoms with Gasteiger partial charge in [0.05, 0.1) is 4.90 Å². The fourth-order valence-corrected chi connectivity index (χ4v) is 9.54. The highest BCUT2D eigenvalue weighted by atomic mass is 32.2. The van der Waals surface area contributed by atoms with Crippen molar-refractivity contribution in [1.29, 1.82) is 0 Å². The van der Waals surface area contributed by atoms with Crippen molar-refractivity contribution in [2.75, 3.05) is 6.54 Å². The summed E-state index contributed by atoms with van der Waals surface area (Å²) >= 11 is 0. The molecule has 0 fully saturated rings. The van der Waals surface area contributed by atoms with Crippen molar-refractivity contribution in [2.24, 2.45) is 0 Å². The van der Waals surface area contributed by atoms with Gasteiger partial charge in [0.1, 0.15) is 0 Å². The van der Waals surface area contributed by atoms with E-state index in [0.717, 1.165) is 32.2 Å². The Hall–Kier alpha value is -3.30. The number of hydrogen-bond donors (Lipinski definition) is 0. The van der Waals surface area contributed by atoms with Crippen LogP contribution in [0.2, 0.25) is 0 Å². The molecule has 5 aromatic rings. The van der Waals surface area contributed by atoms with Crippen LogP contribution in [0.15, 0.2) is 132 Å². The minimum Gasteiger partial charge on any atom is -0.207 e. The van der Waals surface area contributed by atoms with Crippen molar-refractivity contribution in [3.63, 3.8) is 0 Å². The van der Waals surface area contributed by atoms with Crippen LogP contribution in [0.4, 0.5) is 0 Å². The smallest absolute Gasteiger partial charge is 0.207 e. The zero-order valence-electron chi connectivity index (χ0n) is 21.0. The van der Waals surface area contributed by atoms with E-state index in [1.54, 1.807) is 4.31 Å². The number of hydrogen-bond acceptors (Lipinski definition) is 2. The predicted molar refractivity (Wildman–Crippen MR) is 157 cm³/mol. The van der Waals surface area contributed by atoms with Crippen LogP contribution >= 0.6 is 7.92 Å². The monoisotopic (exact) mass is 523 g/mol. The Bertz CT molecular complexity index is 1550. The molecule has 0 unspecified atom stereocenters. The van der Waals surface area contributed by atoms with E-state index in [4.69, 9.17) is 0 Å². The Morgan fingerprint density at radius 2 is 1.14 bits per heavy atom. The van der Waals surface area contributed by atoms with E-state index in [0.29, 0.717) is 11.4 Å². The lowest BCUT2D eigenvalue weighted by Gasteiger charge is -2.30. The molecule has 5 rings (SSSR count). The first-order valence-corrected chi connectivity index (χ1v) is 15.3. The first-order chi connectivity index (χ1) is 18.0. The largest absolute Gasteiger partial charge is 0.244 e. The quantitative estimate of drug-likeness (QED) is 0.222. The molecule has 3 nitrogen and oxygen atoms in total. The van der Waals surface area contributed by atoms with Crippen molar-refractivity contribution >= 4 is 44.6 Å². The molecule has 0 heterocycles. The molecule has 37 heavy (non-hydrogen) atoms. The van der Waals surface area contributed by atoms with Crippen LogP contribution in [0.3, 0.4) is 0 Å². The van der Waals surface area contributed by atoms with Crippen LogP contribution in [0.25, 0.3) is 10.8 Å². The molecule has 0 aromatic heterocycles. The molecule has 0 bridgehead atoms. The van der Waals surface area contributed by atoms with E-state index in [1.807, 2.05) is 105 Å². The van der Waals surface area contributed by atoms with Crippen LogP contribution in [0.5, 0.6) is 0 Å². The van der Waals surface area contributed by atoms with Gasteiger partial charge in [-0.25, -0.2) is 8.42 Å². The van der Waals surface area contributed by atoms with Crippen LogP contribution in [0.1, 0.15) is 25.5 Å². The molecule has 0 saturated heterocycles. The number of benzene rings is 5. The van der Waals surface area contributed by atoms with Crippen molar-refractivity contribution < 1.29 is 8.42 Å². The van der Waals surface area contributed by atoms with Gasteiger partial charge in [-0.3, -0.25) is 0 Å².